The lowest BCUT2D eigenvalue weighted by Gasteiger charge is -2.21. The average Bonchev–Trinajstić information content (AvgIpc) is 2.41. The number of nitrogens with one attached hydrogen (secondary N) is 1. The standard InChI is InChI=1S/C14H17BrN4/c1-4-16-13-8-14(18-9-17-13)19(3)12-7-11(15)6-5-10(12)2/h5-9H,4H2,1-3H3,(H,16,17,18). The van der Waals surface area contributed by atoms with Crippen LogP contribution in [0.3, 0.4) is 0 Å². The molecule has 0 bridgehead atoms. The van der Waals surface area contributed by atoms with E-state index in [0.717, 1.165) is 28.3 Å². The first-order valence-electron chi connectivity index (χ1n) is 6.17. The van der Waals surface area contributed by atoms with Gasteiger partial charge >= 0.3 is 0 Å². The maximum Gasteiger partial charge on any atom is 0.138 e. The lowest BCUT2D eigenvalue weighted by molar-refractivity contribution is 1.06. The summed E-state index contributed by atoms with van der Waals surface area (Å²) in [5, 5.41) is 3.19. The summed E-state index contributed by atoms with van der Waals surface area (Å²) in [4.78, 5) is 10.6. The minimum Gasteiger partial charge on any atom is -0.370 e. The summed E-state index contributed by atoms with van der Waals surface area (Å²) >= 11 is 3.50. The third-order valence-electron chi connectivity index (χ3n) is 2.89. The van der Waals surface area contributed by atoms with E-state index in [1.54, 1.807) is 6.33 Å². The first kappa shape index (κ1) is 13.8. The van der Waals surface area contributed by atoms with Crippen LogP contribution in [-0.4, -0.2) is 23.6 Å². The second kappa shape index (κ2) is 6.02. The van der Waals surface area contributed by atoms with Crippen molar-refractivity contribution in [1.82, 2.24) is 9.97 Å². The lowest BCUT2D eigenvalue weighted by Crippen LogP contribution is -2.13. The highest BCUT2D eigenvalue weighted by Crippen LogP contribution is 2.28. The fourth-order valence-corrected chi connectivity index (χ4v) is 2.22. The highest BCUT2D eigenvalue weighted by Gasteiger charge is 2.09. The number of rotatable bonds is 4. The van der Waals surface area contributed by atoms with Crippen molar-refractivity contribution in [3.8, 4) is 0 Å². The van der Waals surface area contributed by atoms with Crippen LogP contribution in [0.4, 0.5) is 17.3 Å². The number of hydrogen-bond acceptors (Lipinski definition) is 4. The van der Waals surface area contributed by atoms with Crippen molar-refractivity contribution in [2.45, 2.75) is 13.8 Å². The first-order valence-corrected chi connectivity index (χ1v) is 6.97. The summed E-state index contributed by atoms with van der Waals surface area (Å²) in [5.74, 6) is 1.71. The monoisotopic (exact) mass is 320 g/mol. The van der Waals surface area contributed by atoms with Crippen molar-refractivity contribution < 1.29 is 0 Å². The van der Waals surface area contributed by atoms with Gasteiger partial charge in [0.25, 0.3) is 0 Å². The Labute approximate surface area is 122 Å². The fraction of sp³-hybridized carbons (Fsp3) is 0.286. The highest BCUT2D eigenvalue weighted by molar-refractivity contribution is 9.10. The number of anilines is 3. The molecule has 0 aliphatic rings. The van der Waals surface area contributed by atoms with Gasteiger partial charge in [0, 0.05) is 29.8 Å². The number of benzene rings is 1. The smallest absolute Gasteiger partial charge is 0.138 e. The molecule has 4 nitrogen and oxygen atoms in total. The van der Waals surface area contributed by atoms with E-state index in [1.807, 2.05) is 26.1 Å². The average molecular weight is 321 g/mol. The molecule has 0 atom stereocenters. The van der Waals surface area contributed by atoms with Crippen LogP contribution in [-0.2, 0) is 0 Å². The number of aryl methyl sites for hydroxylation is 1. The zero-order chi connectivity index (χ0) is 13.8. The third-order valence-corrected chi connectivity index (χ3v) is 3.38. The Morgan fingerprint density at radius 1 is 1.26 bits per heavy atom. The van der Waals surface area contributed by atoms with Crippen molar-refractivity contribution in [3.05, 3.63) is 40.6 Å². The Morgan fingerprint density at radius 3 is 2.79 bits per heavy atom. The molecule has 0 saturated carbocycles. The minimum absolute atomic E-state index is 0.840. The van der Waals surface area contributed by atoms with Gasteiger partial charge in [0.15, 0.2) is 0 Å². The van der Waals surface area contributed by atoms with Gasteiger partial charge in [0.1, 0.15) is 18.0 Å². The molecule has 0 fully saturated rings. The van der Waals surface area contributed by atoms with Gasteiger partial charge in [-0.2, -0.15) is 0 Å². The van der Waals surface area contributed by atoms with Crippen molar-refractivity contribution in [1.29, 1.82) is 0 Å². The molecule has 1 aromatic carbocycles. The van der Waals surface area contributed by atoms with Gasteiger partial charge in [0.05, 0.1) is 0 Å². The molecule has 1 N–H and O–H groups in total. The van der Waals surface area contributed by atoms with E-state index in [9.17, 15) is 0 Å². The molecule has 0 unspecified atom stereocenters. The number of aromatic nitrogens is 2. The Bertz CT molecular complexity index is 571. The molecular formula is C14H17BrN4. The first-order chi connectivity index (χ1) is 9.11. The van der Waals surface area contributed by atoms with Crippen molar-refractivity contribution in [2.24, 2.45) is 0 Å². The van der Waals surface area contributed by atoms with Gasteiger partial charge in [-0.1, -0.05) is 22.0 Å². The van der Waals surface area contributed by atoms with Crippen LogP contribution in [0, 0.1) is 6.92 Å². The van der Waals surface area contributed by atoms with Crippen LogP contribution in [0.2, 0.25) is 0 Å². The van der Waals surface area contributed by atoms with E-state index >= 15 is 0 Å². The van der Waals surface area contributed by atoms with Crippen LogP contribution in [0.15, 0.2) is 35.1 Å². The Hall–Kier alpha value is -1.62. The van der Waals surface area contributed by atoms with Crippen molar-refractivity contribution in [2.75, 3.05) is 23.8 Å². The molecule has 5 heteroatoms. The molecule has 1 heterocycles. The molecular weight excluding hydrogens is 304 g/mol. The van der Waals surface area contributed by atoms with Crippen LogP contribution in [0.25, 0.3) is 0 Å². The van der Waals surface area contributed by atoms with E-state index in [4.69, 9.17) is 0 Å². The molecule has 2 aromatic rings. The van der Waals surface area contributed by atoms with Gasteiger partial charge in [0.2, 0.25) is 0 Å². The fourth-order valence-electron chi connectivity index (χ4n) is 1.88. The van der Waals surface area contributed by atoms with E-state index in [1.165, 1.54) is 5.56 Å². The largest absolute Gasteiger partial charge is 0.370 e. The Balaban J connectivity index is 2.35. The molecule has 0 spiro atoms. The number of hydrogen-bond donors (Lipinski definition) is 1. The maximum absolute atomic E-state index is 4.33. The second-order valence-electron chi connectivity index (χ2n) is 4.28. The molecule has 0 aliphatic heterocycles. The van der Waals surface area contributed by atoms with Crippen LogP contribution >= 0.6 is 15.9 Å². The second-order valence-corrected chi connectivity index (χ2v) is 5.20. The zero-order valence-corrected chi connectivity index (χ0v) is 12.9. The molecule has 1 aromatic heterocycles. The SMILES string of the molecule is CCNc1cc(N(C)c2cc(Br)ccc2C)ncn1. The molecule has 0 radical (unpaired) electrons. The zero-order valence-electron chi connectivity index (χ0n) is 11.3. The minimum atomic E-state index is 0.840. The van der Waals surface area contributed by atoms with Crippen LogP contribution in [0.5, 0.6) is 0 Å². The predicted molar refractivity (Wildman–Crippen MR) is 83.1 cm³/mol. The summed E-state index contributed by atoms with van der Waals surface area (Å²) in [5.41, 5.74) is 2.32. The third kappa shape index (κ3) is 3.23. The summed E-state index contributed by atoms with van der Waals surface area (Å²) < 4.78 is 1.06. The van der Waals surface area contributed by atoms with Crippen molar-refractivity contribution >= 4 is 33.3 Å². The Morgan fingerprint density at radius 2 is 2.05 bits per heavy atom. The van der Waals surface area contributed by atoms with Gasteiger partial charge in [-0.05, 0) is 31.5 Å². The van der Waals surface area contributed by atoms with Crippen LogP contribution in [0.1, 0.15) is 12.5 Å². The molecule has 0 amide bonds. The number of halogens is 1. The normalized spacial score (nSPS) is 10.3. The van der Waals surface area contributed by atoms with E-state index in [2.05, 4.69) is 55.2 Å². The molecule has 0 aliphatic carbocycles. The molecule has 100 valence electrons. The van der Waals surface area contributed by atoms with E-state index < -0.39 is 0 Å². The Kier molecular flexibility index (Phi) is 4.37. The topological polar surface area (TPSA) is 41.0 Å². The lowest BCUT2D eigenvalue weighted by atomic mass is 10.2. The van der Waals surface area contributed by atoms with Crippen LogP contribution < -0.4 is 10.2 Å². The molecule has 19 heavy (non-hydrogen) atoms. The van der Waals surface area contributed by atoms with E-state index in [0.29, 0.717) is 0 Å². The van der Waals surface area contributed by atoms with Gasteiger partial charge in [-0.25, -0.2) is 9.97 Å². The van der Waals surface area contributed by atoms with Gasteiger partial charge in [-0.15, -0.1) is 0 Å². The summed E-state index contributed by atoms with van der Waals surface area (Å²) in [7, 11) is 2.01. The summed E-state index contributed by atoms with van der Waals surface area (Å²) in [6, 6.07) is 8.16. The van der Waals surface area contributed by atoms with Gasteiger partial charge in [-0.3, -0.25) is 0 Å². The summed E-state index contributed by atoms with van der Waals surface area (Å²) in [6.07, 6.45) is 1.58. The van der Waals surface area contributed by atoms with E-state index in [-0.39, 0.29) is 0 Å². The molecule has 0 saturated heterocycles. The van der Waals surface area contributed by atoms with Crippen molar-refractivity contribution in [3.63, 3.8) is 0 Å². The van der Waals surface area contributed by atoms with Gasteiger partial charge < -0.3 is 10.2 Å². The summed E-state index contributed by atoms with van der Waals surface area (Å²) in [6.45, 7) is 4.98. The number of nitrogens with zero attached hydrogens (tertiary/aromatic N) is 3. The quantitative estimate of drug-likeness (QED) is 0.931. The highest BCUT2D eigenvalue weighted by atomic mass is 79.9. The maximum atomic E-state index is 4.33. The predicted octanol–water partition coefficient (Wildman–Crippen LogP) is 3.75. The molecule has 2 rings (SSSR count).